The monoisotopic (exact) mass is 165 g/mol. The van der Waals surface area contributed by atoms with Crippen molar-refractivity contribution < 1.29 is 21.7 Å². The molecular weight excluding hydrogens is 156 g/mol. The van der Waals surface area contributed by atoms with Crippen molar-refractivity contribution in [2.24, 2.45) is 0 Å². The largest absolute Gasteiger partial charge is 0.0985 e. The van der Waals surface area contributed by atoms with Crippen LogP contribution in [0.1, 0.15) is 11.1 Å². The topological polar surface area (TPSA) is 0 Å². The van der Waals surface area contributed by atoms with Gasteiger partial charge in [0.05, 0.1) is 0 Å². The molecule has 0 N–H and O–H groups in total. The van der Waals surface area contributed by atoms with E-state index in [9.17, 15) is 0 Å². The van der Waals surface area contributed by atoms with E-state index >= 15 is 0 Å². The van der Waals surface area contributed by atoms with Gasteiger partial charge in [-0.25, -0.2) is 0 Å². The van der Waals surface area contributed by atoms with E-state index < -0.39 is 0 Å². The van der Waals surface area contributed by atoms with E-state index in [0.717, 1.165) is 11.1 Å². The van der Waals surface area contributed by atoms with Gasteiger partial charge in [-0.15, -0.1) is 0 Å². The van der Waals surface area contributed by atoms with Gasteiger partial charge < -0.3 is 0 Å². The van der Waals surface area contributed by atoms with Crippen molar-refractivity contribution in [1.82, 2.24) is 0 Å². The van der Waals surface area contributed by atoms with E-state index in [0.29, 0.717) is 0 Å². The molecule has 0 nitrogen and oxygen atoms in total. The first-order valence-electron chi connectivity index (χ1n) is 2.87. The molecule has 0 bridgehead atoms. The number of rotatable bonds is 1. The molecule has 1 radical (unpaired) electrons. The van der Waals surface area contributed by atoms with Crippen molar-refractivity contribution in [1.29, 1.82) is 0 Å². The van der Waals surface area contributed by atoms with Crippen molar-refractivity contribution >= 4 is 6.08 Å². The van der Waals surface area contributed by atoms with Crippen LogP contribution >= 0.6 is 0 Å². The average molecular weight is 165 g/mol. The summed E-state index contributed by atoms with van der Waals surface area (Å²) in [5.74, 6) is 0. The second-order valence-electron chi connectivity index (χ2n) is 1.95. The van der Waals surface area contributed by atoms with Crippen LogP contribution in [0.25, 0.3) is 6.08 Å². The van der Waals surface area contributed by atoms with Crippen molar-refractivity contribution in [3.8, 4) is 0 Å². The van der Waals surface area contributed by atoms with Gasteiger partial charge in [-0.1, -0.05) is 36.9 Å². The molecule has 1 aromatic rings. The van der Waals surface area contributed by atoms with E-state index in [1.807, 2.05) is 30.3 Å². The summed E-state index contributed by atoms with van der Waals surface area (Å²) in [7, 11) is 0. The minimum Gasteiger partial charge on any atom is -0.0985 e. The summed E-state index contributed by atoms with van der Waals surface area (Å²) in [6.45, 7) is 7.40. The Balaban J connectivity index is 0.000000810. The van der Waals surface area contributed by atoms with Crippen LogP contribution in [0.4, 0.5) is 0 Å². The van der Waals surface area contributed by atoms with E-state index in [1.54, 1.807) is 0 Å². The molecular formula is C9H9Ti. The Kier molecular flexibility index (Phi) is 4.34. The van der Waals surface area contributed by atoms with Gasteiger partial charge in [-0.2, -0.15) is 0 Å². The molecule has 1 heteroatoms. The van der Waals surface area contributed by atoms with Gasteiger partial charge in [0.25, 0.3) is 0 Å². The minimum absolute atomic E-state index is 0. The van der Waals surface area contributed by atoms with Crippen LogP contribution in [-0.4, -0.2) is 0 Å². The first-order chi connectivity index (χ1) is 4.33. The standard InChI is InChI=1S/C9H9.Ti/c1-3-9-6-4-8(2)5-7-9;/h3-7H,1-2H2;. The molecule has 0 spiro atoms. The third-order valence-electron chi connectivity index (χ3n) is 1.22. The molecule has 0 saturated carbocycles. The molecule has 0 unspecified atom stereocenters. The Labute approximate surface area is 76.8 Å². The number of benzene rings is 1. The summed E-state index contributed by atoms with van der Waals surface area (Å²) in [4.78, 5) is 0. The van der Waals surface area contributed by atoms with Gasteiger partial charge in [-0.3, -0.25) is 0 Å². The first kappa shape index (κ1) is 9.67. The number of hydrogen-bond donors (Lipinski definition) is 0. The summed E-state index contributed by atoms with van der Waals surface area (Å²) in [5, 5.41) is 0. The molecule has 0 atom stereocenters. The summed E-state index contributed by atoms with van der Waals surface area (Å²) < 4.78 is 0. The summed E-state index contributed by atoms with van der Waals surface area (Å²) in [6, 6.07) is 7.93. The van der Waals surface area contributed by atoms with Crippen LogP contribution in [0, 0.1) is 6.92 Å². The Morgan fingerprint density at radius 1 is 1.10 bits per heavy atom. The second-order valence-corrected chi connectivity index (χ2v) is 1.95. The molecule has 10 heavy (non-hydrogen) atoms. The molecule has 0 heterocycles. The zero-order valence-electron chi connectivity index (χ0n) is 5.80. The smallest absolute Gasteiger partial charge is 0 e. The molecule has 0 aliphatic rings. The van der Waals surface area contributed by atoms with E-state index in [-0.39, 0.29) is 21.7 Å². The van der Waals surface area contributed by atoms with Crippen LogP contribution in [0.3, 0.4) is 0 Å². The first-order valence-corrected chi connectivity index (χ1v) is 2.87. The normalized spacial score (nSPS) is 8.10. The molecule has 1 aromatic carbocycles. The molecule has 0 aliphatic carbocycles. The third-order valence-corrected chi connectivity index (χ3v) is 1.22. The van der Waals surface area contributed by atoms with E-state index in [2.05, 4.69) is 13.5 Å². The summed E-state index contributed by atoms with van der Waals surface area (Å²) in [5.41, 5.74) is 2.18. The average Bonchev–Trinajstić information content (AvgIpc) is 1.90. The Hall–Kier alpha value is -0.326. The van der Waals surface area contributed by atoms with Crippen LogP contribution in [0.15, 0.2) is 30.8 Å². The van der Waals surface area contributed by atoms with Crippen LogP contribution in [0.5, 0.6) is 0 Å². The maximum Gasteiger partial charge on any atom is 0 e. The van der Waals surface area contributed by atoms with Crippen molar-refractivity contribution in [3.63, 3.8) is 0 Å². The van der Waals surface area contributed by atoms with Gasteiger partial charge in [0, 0.05) is 21.7 Å². The fourth-order valence-electron chi connectivity index (χ4n) is 0.654. The van der Waals surface area contributed by atoms with Gasteiger partial charge in [0.2, 0.25) is 0 Å². The van der Waals surface area contributed by atoms with Crippen molar-refractivity contribution in [3.05, 3.63) is 48.9 Å². The summed E-state index contributed by atoms with van der Waals surface area (Å²) >= 11 is 0. The zero-order chi connectivity index (χ0) is 6.69. The van der Waals surface area contributed by atoms with E-state index in [4.69, 9.17) is 0 Å². The van der Waals surface area contributed by atoms with Crippen LogP contribution < -0.4 is 0 Å². The van der Waals surface area contributed by atoms with E-state index in [1.165, 1.54) is 0 Å². The quantitative estimate of drug-likeness (QED) is 0.561. The molecule has 1 rings (SSSR count). The summed E-state index contributed by atoms with van der Waals surface area (Å²) in [6.07, 6.45) is 1.82. The van der Waals surface area contributed by atoms with Crippen molar-refractivity contribution in [2.75, 3.05) is 0 Å². The minimum atomic E-state index is 0. The van der Waals surface area contributed by atoms with Crippen LogP contribution in [-0.2, 0) is 21.7 Å². The SMILES string of the molecule is [CH2]c1ccc(C=C)cc1.[Ti]. The number of hydrogen-bond acceptors (Lipinski definition) is 0. The van der Waals surface area contributed by atoms with Crippen molar-refractivity contribution in [2.45, 2.75) is 0 Å². The third kappa shape index (κ3) is 2.51. The Morgan fingerprint density at radius 2 is 1.60 bits per heavy atom. The Morgan fingerprint density at radius 3 is 2.00 bits per heavy atom. The second kappa shape index (κ2) is 4.48. The molecule has 0 saturated heterocycles. The van der Waals surface area contributed by atoms with Gasteiger partial charge in [-0.05, 0) is 18.1 Å². The fraction of sp³-hybridized carbons (Fsp3) is 0. The van der Waals surface area contributed by atoms with Crippen LogP contribution in [0.2, 0.25) is 0 Å². The van der Waals surface area contributed by atoms with Gasteiger partial charge in [0.15, 0.2) is 0 Å². The fourth-order valence-corrected chi connectivity index (χ4v) is 0.654. The predicted octanol–water partition coefficient (Wildman–Crippen LogP) is 2.51. The maximum absolute atomic E-state index is 3.76. The zero-order valence-corrected chi connectivity index (χ0v) is 7.36. The molecule has 0 fully saturated rings. The molecule has 0 aliphatic heterocycles. The molecule has 0 aromatic heterocycles. The van der Waals surface area contributed by atoms with Gasteiger partial charge in [0.1, 0.15) is 0 Å². The Bertz CT molecular complexity index is 198. The molecule has 49 valence electrons. The maximum atomic E-state index is 3.76. The predicted molar refractivity (Wildman–Crippen MR) is 41.0 cm³/mol. The molecule has 0 amide bonds. The van der Waals surface area contributed by atoms with Gasteiger partial charge >= 0.3 is 0 Å².